The van der Waals surface area contributed by atoms with E-state index in [1.54, 1.807) is 0 Å². The van der Waals surface area contributed by atoms with Crippen molar-refractivity contribution in [2.45, 2.75) is 58.4 Å². The molecule has 0 fully saturated rings. The molecule has 3 heterocycles. The molecule has 142 valence electrons. The van der Waals surface area contributed by atoms with Gasteiger partial charge in [-0.25, -0.2) is 9.12 Å². The summed E-state index contributed by atoms with van der Waals surface area (Å²) in [4.78, 5) is 5.48. The van der Waals surface area contributed by atoms with Gasteiger partial charge in [0.15, 0.2) is 0 Å². The Hall–Kier alpha value is -1.14. The van der Waals surface area contributed by atoms with E-state index < -0.39 is 0 Å². The Kier molecular flexibility index (Phi) is 4.78. The zero-order chi connectivity index (χ0) is 19.4. The topological polar surface area (TPSA) is 24.4 Å². The molecule has 0 saturated carbocycles. The SMILES string of the molecule is CC(C)(C)c1ccc(C2=CC=C(c3ccc(C(C)(C)C)s3)C3NSN=C23)s1. The highest BCUT2D eigenvalue weighted by Gasteiger charge is 2.33. The first kappa shape index (κ1) is 19.2. The Bertz CT molecular complexity index is 958. The second kappa shape index (κ2) is 6.73. The molecule has 2 aliphatic rings. The largest absolute Gasteiger partial charge is 0.231 e. The lowest BCUT2D eigenvalue weighted by molar-refractivity contribution is 0.603. The average molecular weight is 415 g/mol. The molecule has 2 nitrogen and oxygen atoms in total. The number of allylic oxidation sites excluding steroid dienone is 2. The second-order valence-corrected chi connectivity index (χ2v) is 11.9. The summed E-state index contributed by atoms with van der Waals surface area (Å²) in [5, 5.41) is 0. The maximum atomic E-state index is 4.74. The van der Waals surface area contributed by atoms with Gasteiger partial charge in [-0.2, -0.15) is 0 Å². The highest BCUT2D eigenvalue weighted by Crippen LogP contribution is 2.41. The van der Waals surface area contributed by atoms with Crippen LogP contribution in [0.3, 0.4) is 0 Å². The fourth-order valence-corrected chi connectivity index (χ4v) is 6.14. The summed E-state index contributed by atoms with van der Waals surface area (Å²) in [7, 11) is 0. The van der Waals surface area contributed by atoms with E-state index in [-0.39, 0.29) is 16.9 Å². The van der Waals surface area contributed by atoms with Gasteiger partial charge in [0, 0.05) is 25.1 Å². The third kappa shape index (κ3) is 3.63. The monoisotopic (exact) mass is 414 g/mol. The van der Waals surface area contributed by atoms with Gasteiger partial charge in [-0.15, -0.1) is 22.7 Å². The van der Waals surface area contributed by atoms with Gasteiger partial charge in [-0.1, -0.05) is 53.7 Å². The van der Waals surface area contributed by atoms with Gasteiger partial charge in [0.1, 0.15) is 0 Å². The summed E-state index contributed by atoms with van der Waals surface area (Å²) in [6.07, 6.45) is 4.54. The van der Waals surface area contributed by atoms with Crippen LogP contribution in [-0.2, 0) is 10.8 Å². The minimum Gasteiger partial charge on any atom is -0.231 e. The van der Waals surface area contributed by atoms with Crippen molar-refractivity contribution in [3.63, 3.8) is 0 Å². The van der Waals surface area contributed by atoms with E-state index in [0.29, 0.717) is 0 Å². The summed E-state index contributed by atoms with van der Waals surface area (Å²) in [6, 6.07) is 9.22. The van der Waals surface area contributed by atoms with Crippen molar-refractivity contribution in [3.05, 3.63) is 55.9 Å². The minimum absolute atomic E-state index is 0.168. The molecule has 4 rings (SSSR count). The Morgan fingerprint density at radius 1 is 0.815 bits per heavy atom. The van der Waals surface area contributed by atoms with Crippen LogP contribution in [0, 0.1) is 0 Å². The molecule has 2 aromatic heterocycles. The van der Waals surface area contributed by atoms with Crippen LogP contribution in [0.2, 0.25) is 0 Å². The average Bonchev–Trinajstić information content (AvgIpc) is 3.31. The number of thiophene rings is 2. The third-order valence-electron chi connectivity index (χ3n) is 4.84. The number of rotatable bonds is 2. The van der Waals surface area contributed by atoms with Crippen LogP contribution in [0.15, 0.2) is 40.8 Å². The zero-order valence-corrected chi connectivity index (χ0v) is 19.2. The van der Waals surface area contributed by atoms with Crippen molar-refractivity contribution in [2.24, 2.45) is 4.40 Å². The first-order chi connectivity index (χ1) is 12.6. The van der Waals surface area contributed by atoms with Crippen molar-refractivity contribution in [1.29, 1.82) is 0 Å². The number of nitrogens with one attached hydrogen (secondary N) is 1. The molecule has 2 aromatic rings. The zero-order valence-electron chi connectivity index (χ0n) is 16.7. The molecular weight excluding hydrogens is 388 g/mol. The summed E-state index contributed by atoms with van der Waals surface area (Å²) in [5.74, 6) is 0. The quantitative estimate of drug-likeness (QED) is 0.543. The lowest BCUT2D eigenvalue weighted by Crippen LogP contribution is -2.31. The van der Waals surface area contributed by atoms with Gasteiger partial charge in [0.2, 0.25) is 0 Å². The Morgan fingerprint density at radius 2 is 1.41 bits per heavy atom. The van der Waals surface area contributed by atoms with Crippen molar-refractivity contribution in [3.8, 4) is 0 Å². The Labute approximate surface area is 174 Å². The van der Waals surface area contributed by atoms with Gasteiger partial charge >= 0.3 is 0 Å². The summed E-state index contributed by atoms with van der Waals surface area (Å²) >= 11 is 5.25. The molecule has 0 saturated heterocycles. The van der Waals surface area contributed by atoms with E-state index in [1.165, 1.54) is 42.8 Å². The normalized spacial score (nSPS) is 20.2. The molecule has 0 bridgehead atoms. The first-order valence-corrected chi connectivity index (χ1v) is 11.7. The minimum atomic E-state index is 0.168. The Morgan fingerprint density at radius 3 is 2.00 bits per heavy atom. The van der Waals surface area contributed by atoms with Crippen molar-refractivity contribution in [1.82, 2.24) is 4.72 Å². The maximum absolute atomic E-state index is 4.74. The molecule has 1 aliphatic heterocycles. The second-order valence-electron chi connectivity index (χ2n) is 9.15. The molecule has 0 spiro atoms. The van der Waals surface area contributed by atoms with E-state index >= 15 is 0 Å². The van der Waals surface area contributed by atoms with Crippen LogP contribution >= 0.6 is 34.8 Å². The lowest BCUT2D eigenvalue weighted by atomic mass is 9.90. The molecule has 1 unspecified atom stereocenters. The molecule has 1 atom stereocenters. The van der Waals surface area contributed by atoms with Crippen LogP contribution in [0.1, 0.15) is 61.1 Å². The highest BCUT2D eigenvalue weighted by atomic mass is 32.2. The number of hydrogen-bond acceptors (Lipinski definition) is 5. The van der Waals surface area contributed by atoms with Gasteiger partial charge < -0.3 is 0 Å². The molecule has 1 N–H and O–H groups in total. The van der Waals surface area contributed by atoms with Gasteiger partial charge in [-0.3, -0.25) is 0 Å². The van der Waals surface area contributed by atoms with E-state index in [2.05, 4.69) is 82.7 Å². The van der Waals surface area contributed by atoms with Crippen LogP contribution in [0.4, 0.5) is 0 Å². The third-order valence-corrected chi connectivity index (χ3v) is 8.58. The predicted octanol–water partition coefficient (Wildman–Crippen LogP) is 6.86. The van der Waals surface area contributed by atoms with E-state index in [0.717, 1.165) is 5.71 Å². The smallest absolute Gasteiger partial charge is 0.0887 e. The van der Waals surface area contributed by atoms with Crippen LogP contribution < -0.4 is 4.72 Å². The number of hydrogen-bond donors (Lipinski definition) is 1. The number of fused-ring (bicyclic) bond motifs is 1. The standard InChI is InChI=1S/C22H26N2S3/c1-21(2,3)17-11-9-15(25-17)13-7-8-14(20-19(13)23-27-24-20)16-10-12-18(26-16)22(4,5)6/h7-12,19,23H,1-6H3. The van der Waals surface area contributed by atoms with Crippen molar-refractivity contribution < 1.29 is 0 Å². The predicted molar refractivity (Wildman–Crippen MR) is 124 cm³/mol. The fourth-order valence-electron chi connectivity index (χ4n) is 3.22. The van der Waals surface area contributed by atoms with E-state index in [9.17, 15) is 0 Å². The molecule has 5 heteroatoms. The number of nitrogens with zero attached hydrogens (tertiary/aromatic N) is 1. The van der Waals surface area contributed by atoms with Crippen LogP contribution in [-0.4, -0.2) is 11.8 Å². The maximum Gasteiger partial charge on any atom is 0.0887 e. The Balaban J connectivity index is 1.72. The summed E-state index contributed by atoms with van der Waals surface area (Å²) < 4.78 is 8.25. The highest BCUT2D eigenvalue weighted by molar-refractivity contribution is 7.96. The fraction of sp³-hybridized carbons (Fsp3) is 0.409. The molecule has 27 heavy (non-hydrogen) atoms. The van der Waals surface area contributed by atoms with E-state index in [4.69, 9.17) is 4.40 Å². The van der Waals surface area contributed by atoms with E-state index in [1.807, 2.05) is 22.7 Å². The molecule has 1 aliphatic carbocycles. The first-order valence-electron chi connectivity index (χ1n) is 9.27. The summed E-state index contributed by atoms with van der Waals surface area (Å²) in [5.41, 5.74) is 4.12. The molecule has 0 amide bonds. The van der Waals surface area contributed by atoms with Crippen LogP contribution in [0.25, 0.3) is 11.1 Å². The molecule has 0 aromatic carbocycles. The van der Waals surface area contributed by atoms with Gasteiger partial charge in [-0.05, 0) is 40.7 Å². The van der Waals surface area contributed by atoms with Gasteiger partial charge in [0.05, 0.1) is 23.9 Å². The molecule has 0 radical (unpaired) electrons. The van der Waals surface area contributed by atoms with Crippen molar-refractivity contribution >= 4 is 51.7 Å². The van der Waals surface area contributed by atoms with Crippen molar-refractivity contribution in [2.75, 3.05) is 0 Å². The lowest BCUT2D eigenvalue weighted by Gasteiger charge is -2.22. The van der Waals surface area contributed by atoms with Crippen LogP contribution in [0.5, 0.6) is 0 Å². The summed E-state index contributed by atoms with van der Waals surface area (Å²) in [6.45, 7) is 13.6. The molecular formula is C22H26N2S3. The van der Waals surface area contributed by atoms with Gasteiger partial charge in [0.25, 0.3) is 0 Å².